The highest BCUT2D eigenvalue weighted by Gasteiger charge is 2.27. The van der Waals surface area contributed by atoms with Crippen molar-refractivity contribution in [2.45, 2.75) is 51.1 Å². The Morgan fingerprint density at radius 2 is 1.91 bits per heavy atom. The number of carbonyl (C=O) groups is 1. The molecule has 1 aromatic heterocycles. The molecule has 1 heterocycles. The van der Waals surface area contributed by atoms with E-state index >= 15 is 0 Å². The number of rotatable bonds is 9. The van der Waals surface area contributed by atoms with Gasteiger partial charge in [0.1, 0.15) is 12.9 Å². The predicted octanol–water partition coefficient (Wildman–Crippen LogP) is 2.74. The lowest BCUT2D eigenvalue weighted by molar-refractivity contribution is 0.0938. The van der Waals surface area contributed by atoms with E-state index in [1.165, 1.54) is 7.11 Å². The molecule has 34 heavy (non-hydrogen) atoms. The molecule has 5 N–H and O–H groups in total. The van der Waals surface area contributed by atoms with Crippen molar-refractivity contribution in [3.05, 3.63) is 29.6 Å². The van der Waals surface area contributed by atoms with E-state index in [2.05, 4.69) is 31.1 Å². The quantitative estimate of drug-likeness (QED) is 0.173. The van der Waals surface area contributed by atoms with Crippen LogP contribution in [-0.2, 0) is 9.57 Å². The number of halogens is 2. The molecule has 1 aromatic carbocycles. The molecule has 1 aliphatic rings. The number of carbonyl (C=O) groups excluding carboxylic acids is 1. The molecule has 0 radical (unpaired) electrons. The first-order chi connectivity index (χ1) is 15.5. The molecule has 0 bridgehead atoms. The van der Waals surface area contributed by atoms with Crippen LogP contribution < -0.4 is 21.7 Å². The maximum atomic E-state index is 12.7. The summed E-state index contributed by atoms with van der Waals surface area (Å²) in [5, 5.41) is 14.3. The van der Waals surface area contributed by atoms with Gasteiger partial charge in [0.2, 0.25) is 11.8 Å². The lowest BCUT2D eigenvalue weighted by Gasteiger charge is -2.33. The van der Waals surface area contributed by atoms with Crippen LogP contribution in [0, 0.1) is 6.92 Å². The van der Waals surface area contributed by atoms with Gasteiger partial charge in [-0.25, -0.2) is 9.97 Å². The van der Waals surface area contributed by atoms with Gasteiger partial charge in [0.25, 0.3) is 5.91 Å². The molecule has 1 amide bonds. The van der Waals surface area contributed by atoms with Crippen molar-refractivity contribution < 1.29 is 14.4 Å². The van der Waals surface area contributed by atoms with E-state index in [0.717, 1.165) is 48.6 Å². The number of amides is 1. The van der Waals surface area contributed by atoms with Crippen molar-refractivity contribution in [2.24, 2.45) is 10.9 Å². The minimum absolute atomic E-state index is 0. The van der Waals surface area contributed by atoms with Crippen LogP contribution in [0.25, 0.3) is 10.9 Å². The fourth-order valence-corrected chi connectivity index (χ4v) is 3.92. The molecule has 0 unspecified atom stereocenters. The highest BCUT2D eigenvalue weighted by Crippen LogP contribution is 2.27. The number of fused-ring (bicyclic) bond motifs is 1. The molecule has 3 rings (SSSR count). The molecular formula is C22H35Cl2N7O3. The Morgan fingerprint density at radius 3 is 2.62 bits per heavy atom. The molecule has 2 aromatic rings. The number of guanidine groups is 1. The Hall–Kier alpha value is -2.56. The zero-order chi connectivity index (χ0) is 22.9. The van der Waals surface area contributed by atoms with Crippen LogP contribution in [-0.4, -0.2) is 61.3 Å². The zero-order valence-corrected chi connectivity index (χ0v) is 21.4. The highest BCUT2D eigenvalue weighted by molar-refractivity contribution is 5.96. The molecule has 0 aliphatic heterocycles. The Bertz CT molecular complexity index is 961. The molecular weight excluding hydrogens is 481 g/mol. The number of aromatic nitrogens is 2. The summed E-state index contributed by atoms with van der Waals surface area (Å²) in [6.45, 7) is 3.10. The van der Waals surface area contributed by atoms with Gasteiger partial charge in [0, 0.05) is 37.7 Å². The Kier molecular flexibility index (Phi) is 12.7. The first kappa shape index (κ1) is 29.5. The molecule has 190 valence electrons. The van der Waals surface area contributed by atoms with Crippen LogP contribution in [0.15, 0.2) is 23.4 Å². The average Bonchev–Trinajstić information content (AvgIpc) is 2.78. The van der Waals surface area contributed by atoms with Gasteiger partial charge in [-0.3, -0.25) is 4.79 Å². The summed E-state index contributed by atoms with van der Waals surface area (Å²) >= 11 is 0. The molecule has 1 fully saturated rings. The van der Waals surface area contributed by atoms with Crippen molar-refractivity contribution in [3.63, 3.8) is 0 Å². The summed E-state index contributed by atoms with van der Waals surface area (Å²) in [5.41, 5.74) is 7.72. The summed E-state index contributed by atoms with van der Waals surface area (Å²) < 4.78 is 5.03. The van der Waals surface area contributed by atoms with Gasteiger partial charge in [-0.15, -0.1) is 24.8 Å². The van der Waals surface area contributed by atoms with Crippen LogP contribution in [0.4, 0.5) is 5.82 Å². The number of anilines is 1. The average molecular weight is 516 g/mol. The summed E-state index contributed by atoms with van der Waals surface area (Å²) in [5.74, 6) is 0.718. The SMILES string of the molecule is COCCCNC(=O)c1nc(N[C@H]2CCCC[C@H]2N/C(N)=N\OC)c2cc(C)ccc2n1.Cl.Cl. The Balaban J connectivity index is 0.00000289. The van der Waals surface area contributed by atoms with E-state index in [1.54, 1.807) is 7.11 Å². The van der Waals surface area contributed by atoms with Crippen LogP contribution in [0.1, 0.15) is 48.3 Å². The lowest BCUT2D eigenvalue weighted by Crippen LogP contribution is -2.51. The second-order valence-electron chi connectivity index (χ2n) is 7.96. The number of hydrogen-bond acceptors (Lipinski definition) is 7. The normalized spacial score (nSPS) is 17.8. The van der Waals surface area contributed by atoms with E-state index in [1.807, 2.05) is 25.1 Å². The minimum Gasteiger partial charge on any atom is -0.396 e. The van der Waals surface area contributed by atoms with Crippen molar-refractivity contribution in [1.82, 2.24) is 20.6 Å². The second-order valence-corrected chi connectivity index (χ2v) is 7.96. The maximum absolute atomic E-state index is 12.7. The van der Waals surface area contributed by atoms with E-state index < -0.39 is 0 Å². The molecule has 10 nitrogen and oxygen atoms in total. The number of benzene rings is 1. The fourth-order valence-electron chi connectivity index (χ4n) is 3.92. The smallest absolute Gasteiger partial charge is 0.289 e. The minimum atomic E-state index is -0.304. The Labute approximate surface area is 212 Å². The third-order valence-corrected chi connectivity index (χ3v) is 5.48. The molecule has 0 spiro atoms. The number of hydrogen-bond donors (Lipinski definition) is 4. The largest absolute Gasteiger partial charge is 0.396 e. The van der Waals surface area contributed by atoms with Crippen molar-refractivity contribution >= 4 is 53.4 Å². The summed E-state index contributed by atoms with van der Waals surface area (Å²) in [6, 6.07) is 6.05. The monoisotopic (exact) mass is 515 g/mol. The zero-order valence-electron chi connectivity index (χ0n) is 19.8. The van der Waals surface area contributed by atoms with Crippen LogP contribution >= 0.6 is 24.8 Å². The highest BCUT2D eigenvalue weighted by atomic mass is 35.5. The van der Waals surface area contributed by atoms with Crippen LogP contribution in [0.3, 0.4) is 0 Å². The number of nitrogens with zero attached hydrogens (tertiary/aromatic N) is 3. The van der Waals surface area contributed by atoms with Gasteiger partial charge in [-0.05, 0) is 43.5 Å². The molecule has 0 saturated heterocycles. The van der Waals surface area contributed by atoms with Crippen LogP contribution in [0.5, 0.6) is 0 Å². The fraction of sp³-hybridized carbons (Fsp3) is 0.545. The number of nitrogens with one attached hydrogen (secondary N) is 3. The number of ether oxygens (including phenoxy) is 1. The molecule has 2 atom stereocenters. The lowest BCUT2D eigenvalue weighted by atomic mass is 9.90. The number of aryl methyl sites for hydroxylation is 1. The first-order valence-electron chi connectivity index (χ1n) is 11.0. The second kappa shape index (κ2) is 14.6. The van der Waals surface area contributed by atoms with E-state index in [0.29, 0.717) is 19.0 Å². The summed E-state index contributed by atoms with van der Waals surface area (Å²) in [7, 11) is 3.10. The van der Waals surface area contributed by atoms with Crippen molar-refractivity contribution in [1.29, 1.82) is 0 Å². The van der Waals surface area contributed by atoms with E-state index in [4.69, 9.17) is 15.3 Å². The topological polar surface area (TPSA) is 136 Å². The van der Waals surface area contributed by atoms with Gasteiger partial charge in [0.15, 0.2) is 0 Å². The van der Waals surface area contributed by atoms with Crippen molar-refractivity contribution in [3.8, 4) is 0 Å². The third kappa shape index (κ3) is 8.03. The summed E-state index contributed by atoms with van der Waals surface area (Å²) in [4.78, 5) is 26.5. The third-order valence-electron chi connectivity index (χ3n) is 5.48. The van der Waals surface area contributed by atoms with Gasteiger partial charge in [-0.2, -0.15) is 0 Å². The van der Waals surface area contributed by atoms with Crippen LogP contribution in [0.2, 0.25) is 0 Å². The number of methoxy groups -OCH3 is 1. The Morgan fingerprint density at radius 1 is 1.18 bits per heavy atom. The number of oxime groups is 1. The predicted molar refractivity (Wildman–Crippen MR) is 139 cm³/mol. The van der Waals surface area contributed by atoms with Gasteiger partial charge >= 0.3 is 0 Å². The van der Waals surface area contributed by atoms with E-state index in [-0.39, 0.29) is 54.6 Å². The van der Waals surface area contributed by atoms with Gasteiger partial charge in [0.05, 0.1) is 5.52 Å². The summed E-state index contributed by atoms with van der Waals surface area (Å²) in [6.07, 6.45) is 4.78. The molecule has 1 aliphatic carbocycles. The maximum Gasteiger partial charge on any atom is 0.289 e. The van der Waals surface area contributed by atoms with E-state index in [9.17, 15) is 4.79 Å². The number of nitrogens with two attached hydrogens (primary N) is 1. The molecule has 12 heteroatoms. The van der Waals surface area contributed by atoms with Gasteiger partial charge in [-0.1, -0.05) is 24.5 Å². The standard InChI is InChI=1S/C22H33N7O3.2ClH/c1-14-9-10-16-15(13-14)19(28-20(25-16)21(30)24-11-6-12-31-2)26-17-7-4-5-8-18(17)27-22(23)29-32-3;;/h9-10,13,17-18H,4-8,11-12H2,1-3H3,(H,24,30)(H3,23,27,29)(H,25,26,28);2*1H/t17-,18+;;/m0../s1. The first-order valence-corrected chi connectivity index (χ1v) is 11.0. The van der Waals surface area contributed by atoms with Crippen molar-refractivity contribution in [2.75, 3.05) is 32.7 Å². The molecule has 1 saturated carbocycles. The van der Waals surface area contributed by atoms with Gasteiger partial charge < -0.3 is 31.3 Å².